The van der Waals surface area contributed by atoms with Crippen LogP contribution in [0.25, 0.3) is 0 Å². The van der Waals surface area contributed by atoms with E-state index in [2.05, 4.69) is 20.9 Å². The van der Waals surface area contributed by atoms with Crippen LogP contribution in [0.3, 0.4) is 0 Å². The molecule has 0 spiro atoms. The van der Waals surface area contributed by atoms with Gasteiger partial charge in [0.05, 0.1) is 50.1 Å². The summed E-state index contributed by atoms with van der Waals surface area (Å²) in [7, 11) is 0. The number of nitrogens with zero attached hydrogens (tertiary/aromatic N) is 6. The van der Waals surface area contributed by atoms with Crippen LogP contribution in [-0.2, 0) is 22.6 Å². The normalized spacial score (nSPS) is 17.5. The molecule has 0 unspecified atom stereocenters. The molecular weight excluding hydrogens is 450 g/mol. The van der Waals surface area contributed by atoms with Crippen molar-refractivity contribution in [1.29, 1.82) is 0 Å². The molecule has 1 fully saturated rings. The van der Waals surface area contributed by atoms with Crippen LogP contribution in [0.15, 0.2) is 53.3 Å². The average molecular weight is 472 g/mol. The van der Waals surface area contributed by atoms with Crippen LogP contribution in [0.5, 0.6) is 0 Å². The van der Waals surface area contributed by atoms with Gasteiger partial charge in [0.15, 0.2) is 5.82 Å². The molecule has 5 rings (SSSR count). The Kier molecular flexibility index (Phi) is 5.86. The van der Waals surface area contributed by atoms with Gasteiger partial charge >= 0.3 is 0 Å². The van der Waals surface area contributed by atoms with E-state index in [9.17, 15) is 9.18 Å². The fraction of sp³-hybridized carbons (Fsp3) is 0.286. The largest absolute Gasteiger partial charge is 0.394 e. The van der Waals surface area contributed by atoms with Crippen LogP contribution >= 0.6 is 0 Å². The molecule has 1 saturated heterocycles. The number of aliphatic hydroxyl groups is 1. The van der Waals surface area contributed by atoms with Crippen molar-refractivity contribution in [2.75, 3.05) is 36.7 Å². The lowest BCUT2D eigenvalue weighted by Crippen LogP contribution is -2.42. The molecule has 3 N–H and O–H groups in total. The maximum atomic E-state index is 15.3. The number of amides is 1. The van der Waals surface area contributed by atoms with Gasteiger partial charge in [-0.2, -0.15) is 5.10 Å². The van der Waals surface area contributed by atoms with Crippen LogP contribution in [0, 0.1) is 11.6 Å². The minimum atomic E-state index is -0.668. The summed E-state index contributed by atoms with van der Waals surface area (Å²) >= 11 is 0. The number of nitrogens with one attached hydrogen (secondary N) is 2. The first-order valence-corrected chi connectivity index (χ1v) is 10.6. The Morgan fingerprint density at radius 2 is 2.18 bits per heavy atom. The number of hydrazine groups is 2. The van der Waals surface area contributed by atoms with Gasteiger partial charge in [-0.1, -0.05) is 0 Å². The van der Waals surface area contributed by atoms with Crippen molar-refractivity contribution < 1.29 is 23.4 Å². The van der Waals surface area contributed by atoms with Crippen molar-refractivity contribution in [3.8, 4) is 0 Å². The van der Waals surface area contributed by atoms with Gasteiger partial charge in [-0.15, -0.1) is 0 Å². The molecule has 1 aromatic heterocycles. The van der Waals surface area contributed by atoms with Gasteiger partial charge in [-0.25, -0.2) is 18.8 Å². The SMILES string of the molecule is O=C1COCCN1c1cc(F)cc(CN2NC=C3N=CN(Nc4cnn(CCO)c4)C=C32)c1F. The van der Waals surface area contributed by atoms with Crippen molar-refractivity contribution in [2.24, 2.45) is 4.99 Å². The van der Waals surface area contributed by atoms with Crippen LogP contribution in [0.2, 0.25) is 0 Å². The smallest absolute Gasteiger partial charge is 0.253 e. The second kappa shape index (κ2) is 9.11. The van der Waals surface area contributed by atoms with E-state index in [-0.39, 0.29) is 44.2 Å². The molecule has 13 heteroatoms. The number of aliphatic hydroxyl groups excluding tert-OH is 1. The number of hydrogen-bond donors (Lipinski definition) is 3. The van der Waals surface area contributed by atoms with Crippen molar-refractivity contribution in [3.05, 3.63) is 65.5 Å². The minimum Gasteiger partial charge on any atom is -0.394 e. The lowest BCUT2D eigenvalue weighted by atomic mass is 10.1. The van der Waals surface area contributed by atoms with Crippen molar-refractivity contribution in [1.82, 2.24) is 25.2 Å². The number of hydrogen-bond acceptors (Lipinski definition) is 9. The third-order valence-corrected chi connectivity index (χ3v) is 5.41. The number of rotatable bonds is 7. The molecule has 0 radical (unpaired) electrons. The van der Waals surface area contributed by atoms with Gasteiger partial charge < -0.3 is 20.2 Å². The number of benzene rings is 1. The highest BCUT2D eigenvalue weighted by atomic mass is 19.1. The summed E-state index contributed by atoms with van der Waals surface area (Å²) < 4.78 is 36.4. The number of ether oxygens (including phenoxy) is 1. The van der Waals surface area contributed by atoms with Crippen LogP contribution in [0.4, 0.5) is 20.2 Å². The highest BCUT2D eigenvalue weighted by molar-refractivity contribution is 5.95. The summed E-state index contributed by atoms with van der Waals surface area (Å²) in [5.41, 5.74) is 8.02. The van der Waals surface area contributed by atoms with Gasteiger partial charge in [-0.3, -0.25) is 19.9 Å². The Labute approximate surface area is 193 Å². The second-order valence-corrected chi connectivity index (χ2v) is 7.73. The highest BCUT2D eigenvalue weighted by Crippen LogP contribution is 2.30. The maximum absolute atomic E-state index is 15.3. The number of carbonyl (C=O) groups is 1. The fourth-order valence-corrected chi connectivity index (χ4v) is 3.82. The zero-order valence-electron chi connectivity index (χ0n) is 18.0. The Hall–Kier alpha value is -3.97. The molecule has 1 aromatic carbocycles. The number of halogens is 2. The lowest BCUT2D eigenvalue weighted by Gasteiger charge is -2.29. The topological polar surface area (TPSA) is 110 Å². The monoisotopic (exact) mass is 472 g/mol. The lowest BCUT2D eigenvalue weighted by molar-refractivity contribution is -0.125. The predicted octanol–water partition coefficient (Wildman–Crippen LogP) is 0.891. The first-order valence-electron chi connectivity index (χ1n) is 10.6. The van der Waals surface area contributed by atoms with Gasteiger partial charge in [-0.05, 0) is 6.07 Å². The number of aliphatic imine (C=N–C) groups is 1. The zero-order valence-corrected chi connectivity index (χ0v) is 18.0. The summed E-state index contributed by atoms with van der Waals surface area (Å²) in [6.07, 6.45) is 8.30. The van der Waals surface area contributed by atoms with E-state index in [0.717, 1.165) is 12.1 Å². The minimum absolute atomic E-state index is 0.0151. The Morgan fingerprint density at radius 1 is 1.29 bits per heavy atom. The molecule has 3 aliphatic rings. The van der Waals surface area contributed by atoms with E-state index in [1.165, 1.54) is 4.90 Å². The third-order valence-electron chi connectivity index (χ3n) is 5.41. The fourth-order valence-electron chi connectivity index (χ4n) is 3.82. The molecule has 0 saturated carbocycles. The molecule has 0 aliphatic carbocycles. The van der Waals surface area contributed by atoms with Gasteiger partial charge in [0.2, 0.25) is 0 Å². The van der Waals surface area contributed by atoms with Gasteiger partial charge in [0.25, 0.3) is 5.91 Å². The van der Waals surface area contributed by atoms with E-state index >= 15 is 4.39 Å². The van der Waals surface area contributed by atoms with Crippen LogP contribution in [0.1, 0.15) is 5.56 Å². The Balaban J connectivity index is 1.34. The summed E-state index contributed by atoms with van der Waals surface area (Å²) in [5, 5.41) is 16.4. The number of carbonyl (C=O) groups excluding carboxylic acids is 1. The maximum Gasteiger partial charge on any atom is 0.253 e. The predicted molar refractivity (Wildman–Crippen MR) is 118 cm³/mol. The van der Waals surface area contributed by atoms with E-state index in [0.29, 0.717) is 23.6 Å². The van der Waals surface area contributed by atoms with Gasteiger partial charge in [0.1, 0.15) is 30.2 Å². The Bertz CT molecular complexity index is 1190. The number of anilines is 2. The molecule has 11 nitrogen and oxygen atoms in total. The van der Waals surface area contributed by atoms with Crippen molar-refractivity contribution in [3.63, 3.8) is 0 Å². The van der Waals surface area contributed by atoms with Crippen LogP contribution < -0.4 is 15.8 Å². The van der Waals surface area contributed by atoms with E-state index < -0.39 is 17.5 Å². The first kappa shape index (κ1) is 21.9. The summed E-state index contributed by atoms with van der Waals surface area (Å²) in [6, 6.07) is 2.14. The number of morpholine rings is 1. The zero-order chi connectivity index (χ0) is 23.7. The molecule has 0 atom stereocenters. The molecule has 0 bridgehead atoms. The van der Waals surface area contributed by atoms with Gasteiger partial charge in [0, 0.05) is 30.6 Å². The molecule has 1 amide bonds. The summed E-state index contributed by atoms with van der Waals surface area (Å²) in [5.74, 6) is -1.73. The number of aromatic nitrogens is 2. The summed E-state index contributed by atoms with van der Waals surface area (Å²) in [6.45, 7) is 0.575. The number of fused-ring (bicyclic) bond motifs is 1. The average Bonchev–Trinajstić information content (AvgIpc) is 3.43. The molecule has 4 heterocycles. The third kappa shape index (κ3) is 4.30. The molecule has 2 aromatic rings. The van der Waals surface area contributed by atoms with Crippen LogP contribution in [-0.4, -0.2) is 63.5 Å². The molecule has 178 valence electrons. The quantitative estimate of drug-likeness (QED) is 0.545. The highest BCUT2D eigenvalue weighted by Gasteiger charge is 2.28. The first-order chi connectivity index (χ1) is 16.5. The molecular formula is C21H22F2N8O3. The second-order valence-electron chi connectivity index (χ2n) is 7.73. The van der Waals surface area contributed by atoms with Crippen molar-refractivity contribution in [2.45, 2.75) is 13.1 Å². The standard InChI is InChI=1S/C21H22F2N8O3/c22-15-5-14(21(23)18(6-15)30-2-4-34-12-20(30)33)9-31-19-11-29(13-24-17(19)8-26-31)27-16-7-25-28(10-16)1-3-32/h5-8,10-11,13,26-27,32H,1-4,9,12H2. The molecule has 3 aliphatic heterocycles. The van der Waals surface area contributed by atoms with Crippen molar-refractivity contribution >= 4 is 23.6 Å². The van der Waals surface area contributed by atoms with E-state index in [1.54, 1.807) is 45.8 Å². The summed E-state index contributed by atoms with van der Waals surface area (Å²) in [4.78, 5) is 17.7. The van der Waals surface area contributed by atoms with E-state index in [4.69, 9.17) is 9.84 Å². The molecule has 34 heavy (non-hydrogen) atoms. The van der Waals surface area contributed by atoms with E-state index in [1.807, 2.05) is 0 Å². The Morgan fingerprint density at radius 3 is 3.00 bits per heavy atom.